The number of carbonyl (C=O) groups is 1. The van der Waals surface area contributed by atoms with Gasteiger partial charge in [-0.2, -0.15) is 0 Å². The fourth-order valence-corrected chi connectivity index (χ4v) is 1.24. The number of hydrogen-bond donors (Lipinski definition) is 2. The zero-order valence-electron chi connectivity index (χ0n) is 8.33. The Balaban J connectivity index is 2.65. The van der Waals surface area contributed by atoms with Crippen molar-refractivity contribution >= 4 is 5.97 Å². The molecule has 1 rings (SSSR count). The van der Waals surface area contributed by atoms with Crippen LogP contribution in [-0.4, -0.2) is 35.9 Å². The standard InChI is InChI=1S/C9H17NO3/c1-6(13-3)9(2,8(11)12)10-7-4-5-7/h6-7,10H,4-5H2,1-3H3,(H,11,12). The lowest BCUT2D eigenvalue weighted by molar-refractivity contribution is -0.149. The molecular formula is C9H17NO3. The van der Waals surface area contributed by atoms with Crippen LogP contribution in [0.2, 0.25) is 0 Å². The molecule has 0 heterocycles. The molecule has 1 saturated carbocycles. The molecule has 1 fully saturated rings. The maximum absolute atomic E-state index is 11.0. The van der Waals surface area contributed by atoms with Crippen LogP contribution in [0.1, 0.15) is 26.7 Å². The third-order valence-corrected chi connectivity index (χ3v) is 2.69. The van der Waals surface area contributed by atoms with E-state index in [9.17, 15) is 4.79 Å². The van der Waals surface area contributed by atoms with Crippen molar-refractivity contribution < 1.29 is 14.6 Å². The lowest BCUT2D eigenvalue weighted by atomic mass is 9.96. The zero-order chi connectivity index (χ0) is 10.1. The first-order valence-electron chi connectivity index (χ1n) is 4.54. The number of hydrogen-bond acceptors (Lipinski definition) is 3. The molecule has 4 nitrogen and oxygen atoms in total. The maximum atomic E-state index is 11.0. The van der Waals surface area contributed by atoms with Crippen molar-refractivity contribution in [3.8, 4) is 0 Å². The Labute approximate surface area is 78.3 Å². The van der Waals surface area contributed by atoms with Crippen LogP contribution in [0.3, 0.4) is 0 Å². The molecule has 0 spiro atoms. The first kappa shape index (κ1) is 10.5. The van der Waals surface area contributed by atoms with Gasteiger partial charge in [-0.05, 0) is 26.7 Å². The van der Waals surface area contributed by atoms with Gasteiger partial charge in [-0.1, -0.05) is 0 Å². The molecule has 76 valence electrons. The number of aliphatic carboxylic acids is 1. The molecule has 13 heavy (non-hydrogen) atoms. The summed E-state index contributed by atoms with van der Waals surface area (Å²) in [5.41, 5.74) is -0.962. The van der Waals surface area contributed by atoms with E-state index in [4.69, 9.17) is 9.84 Å². The summed E-state index contributed by atoms with van der Waals surface area (Å²) < 4.78 is 5.06. The normalized spacial score (nSPS) is 23.6. The molecule has 2 atom stereocenters. The molecule has 0 saturated heterocycles. The molecule has 1 aliphatic carbocycles. The van der Waals surface area contributed by atoms with Crippen molar-refractivity contribution in [3.63, 3.8) is 0 Å². The van der Waals surface area contributed by atoms with Gasteiger partial charge in [0.1, 0.15) is 5.54 Å². The van der Waals surface area contributed by atoms with Gasteiger partial charge in [-0.15, -0.1) is 0 Å². The largest absolute Gasteiger partial charge is 0.480 e. The summed E-state index contributed by atoms with van der Waals surface area (Å²) in [7, 11) is 1.53. The molecule has 0 aromatic carbocycles. The molecule has 4 heteroatoms. The van der Waals surface area contributed by atoms with Crippen molar-refractivity contribution in [2.75, 3.05) is 7.11 Å². The van der Waals surface area contributed by atoms with Gasteiger partial charge >= 0.3 is 5.97 Å². The van der Waals surface area contributed by atoms with Crippen LogP contribution in [0, 0.1) is 0 Å². The Bertz CT molecular complexity index is 203. The Morgan fingerprint density at radius 3 is 2.54 bits per heavy atom. The number of ether oxygens (including phenoxy) is 1. The third kappa shape index (κ3) is 2.19. The summed E-state index contributed by atoms with van der Waals surface area (Å²) in [5.74, 6) is -0.853. The van der Waals surface area contributed by atoms with Crippen LogP contribution >= 0.6 is 0 Å². The second kappa shape index (κ2) is 3.64. The molecule has 2 unspecified atom stereocenters. The van der Waals surface area contributed by atoms with Gasteiger partial charge in [0.2, 0.25) is 0 Å². The average molecular weight is 187 g/mol. The predicted molar refractivity (Wildman–Crippen MR) is 48.7 cm³/mol. The van der Waals surface area contributed by atoms with E-state index in [1.165, 1.54) is 7.11 Å². The van der Waals surface area contributed by atoms with E-state index in [0.29, 0.717) is 6.04 Å². The SMILES string of the molecule is COC(C)C(C)(NC1CC1)C(=O)O. The molecule has 0 aliphatic heterocycles. The average Bonchev–Trinajstić information content (AvgIpc) is 2.86. The van der Waals surface area contributed by atoms with E-state index in [1.807, 2.05) is 0 Å². The molecule has 2 N–H and O–H groups in total. The minimum absolute atomic E-state index is 0.328. The van der Waals surface area contributed by atoms with E-state index in [-0.39, 0.29) is 6.10 Å². The highest BCUT2D eigenvalue weighted by Crippen LogP contribution is 2.25. The van der Waals surface area contributed by atoms with Crippen LogP contribution in [0.4, 0.5) is 0 Å². The Morgan fingerprint density at radius 1 is 1.69 bits per heavy atom. The summed E-state index contributed by atoms with van der Waals surface area (Å²) in [4.78, 5) is 11.0. The van der Waals surface area contributed by atoms with Crippen molar-refractivity contribution in [3.05, 3.63) is 0 Å². The molecule has 1 aliphatic rings. The first-order valence-corrected chi connectivity index (χ1v) is 4.54. The van der Waals surface area contributed by atoms with Crippen LogP contribution in [-0.2, 0) is 9.53 Å². The fraction of sp³-hybridized carbons (Fsp3) is 0.889. The van der Waals surface area contributed by atoms with Gasteiger partial charge in [-0.25, -0.2) is 0 Å². The van der Waals surface area contributed by atoms with Crippen molar-refractivity contribution in [1.82, 2.24) is 5.32 Å². The lowest BCUT2D eigenvalue weighted by Crippen LogP contribution is -2.58. The van der Waals surface area contributed by atoms with Gasteiger partial charge in [0.15, 0.2) is 0 Å². The maximum Gasteiger partial charge on any atom is 0.326 e. The second-order valence-electron chi connectivity index (χ2n) is 3.80. The van der Waals surface area contributed by atoms with E-state index in [2.05, 4.69) is 5.32 Å². The highest BCUT2D eigenvalue weighted by molar-refractivity contribution is 5.79. The van der Waals surface area contributed by atoms with E-state index in [1.54, 1.807) is 13.8 Å². The topological polar surface area (TPSA) is 58.6 Å². The molecule has 0 radical (unpaired) electrons. The number of methoxy groups -OCH3 is 1. The van der Waals surface area contributed by atoms with Gasteiger partial charge in [0, 0.05) is 13.2 Å². The van der Waals surface area contributed by atoms with Gasteiger partial charge < -0.3 is 9.84 Å². The molecule has 0 aromatic rings. The van der Waals surface area contributed by atoms with E-state index in [0.717, 1.165) is 12.8 Å². The number of carboxylic acid groups (broad SMARTS) is 1. The summed E-state index contributed by atoms with van der Waals surface area (Å²) in [6.45, 7) is 3.44. The van der Waals surface area contributed by atoms with Crippen LogP contribution < -0.4 is 5.32 Å². The van der Waals surface area contributed by atoms with Crippen LogP contribution in [0.15, 0.2) is 0 Å². The lowest BCUT2D eigenvalue weighted by Gasteiger charge is -2.31. The minimum Gasteiger partial charge on any atom is -0.480 e. The molecular weight excluding hydrogens is 170 g/mol. The number of carboxylic acids is 1. The van der Waals surface area contributed by atoms with E-state index >= 15 is 0 Å². The highest BCUT2D eigenvalue weighted by Gasteiger charge is 2.43. The summed E-state index contributed by atoms with van der Waals surface area (Å²) in [5, 5.41) is 12.2. The van der Waals surface area contributed by atoms with Crippen molar-refractivity contribution in [2.45, 2.75) is 44.4 Å². The Kier molecular flexibility index (Phi) is 2.93. The Hall–Kier alpha value is -0.610. The third-order valence-electron chi connectivity index (χ3n) is 2.69. The van der Waals surface area contributed by atoms with Gasteiger partial charge in [-0.3, -0.25) is 10.1 Å². The summed E-state index contributed by atoms with van der Waals surface area (Å²) in [6, 6.07) is 0.360. The van der Waals surface area contributed by atoms with E-state index < -0.39 is 11.5 Å². The molecule has 0 amide bonds. The summed E-state index contributed by atoms with van der Waals surface area (Å²) >= 11 is 0. The fourth-order valence-electron chi connectivity index (χ4n) is 1.24. The van der Waals surface area contributed by atoms with Gasteiger partial charge in [0.05, 0.1) is 6.10 Å². The van der Waals surface area contributed by atoms with Crippen molar-refractivity contribution in [1.29, 1.82) is 0 Å². The quantitative estimate of drug-likeness (QED) is 0.662. The smallest absolute Gasteiger partial charge is 0.326 e. The van der Waals surface area contributed by atoms with Crippen LogP contribution in [0.25, 0.3) is 0 Å². The predicted octanol–water partition coefficient (Wildman–Crippen LogP) is 0.617. The molecule has 0 aromatic heterocycles. The number of nitrogens with one attached hydrogen (secondary N) is 1. The first-order chi connectivity index (χ1) is 6.00. The van der Waals surface area contributed by atoms with Gasteiger partial charge in [0.25, 0.3) is 0 Å². The minimum atomic E-state index is -0.962. The summed E-state index contributed by atoms with van der Waals surface area (Å²) in [6.07, 6.45) is 1.81. The monoisotopic (exact) mass is 187 g/mol. The number of rotatable bonds is 5. The highest BCUT2D eigenvalue weighted by atomic mass is 16.5. The Morgan fingerprint density at radius 2 is 2.23 bits per heavy atom. The zero-order valence-corrected chi connectivity index (χ0v) is 8.33. The molecule has 0 bridgehead atoms. The van der Waals surface area contributed by atoms with Crippen molar-refractivity contribution in [2.24, 2.45) is 0 Å². The van der Waals surface area contributed by atoms with Crippen LogP contribution in [0.5, 0.6) is 0 Å². The second-order valence-corrected chi connectivity index (χ2v) is 3.80.